The molecule has 1 aromatic rings. The fraction of sp³-hybridized carbons (Fsp3) is 0.467. The molecule has 0 aromatic heterocycles. The Labute approximate surface area is 125 Å². The lowest BCUT2D eigenvalue weighted by Crippen LogP contribution is -2.49. The third-order valence-electron chi connectivity index (χ3n) is 4.29. The van der Waals surface area contributed by atoms with E-state index in [1.165, 1.54) is 12.1 Å². The summed E-state index contributed by atoms with van der Waals surface area (Å²) in [5.74, 6) is 0. The molecular formula is C15H15F3N2O2. The fourth-order valence-electron chi connectivity index (χ4n) is 3.17. The number of hydrogen-bond acceptors (Lipinski definition) is 3. The standard InChI is InChI=1S/C15H15F3N2O2/c16-15(17,18)11-5-3-4-10(8-11)14-9-19(21)12-6-1-2-7-13(12)20(14)22/h3-5,8-9,12-13H,1-2,6-7H2/t12-,13-/m1/s1. The van der Waals surface area contributed by atoms with Crippen LogP contribution in [-0.2, 0) is 6.18 Å². The second kappa shape index (κ2) is 5.39. The Morgan fingerprint density at radius 3 is 2.68 bits per heavy atom. The van der Waals surface area contributed by atoms with Gasteiger partial charge in [-0.3, -0.25) is 0 Å². The lowest BCUT2D eigenvalue weighted by molar-refractivity contribution is -0.536. The minimum atomic E-state index is -4.48. The first kappa shape index (κ1) is 15.0. The average Bonchev–Trinajstić information content (AvgIpc) is 2.50. The molecule has 0 N–H and O–H groups in total. The van der Waals surface area contributed by atoms with Crippen molar-refractivity contribution >= 4 is 5.70 Å². The summed E-state index contributed by atoms with van der Waals surface area (Å²) in [7, 11) is 0. The Kier molecular flexibility index (Phi) is 3.68. The third-order valence-corrected chi connectivity index (χ3v) is 4.29. The van der Waals surface area contributed by atoms with E-state index in [9.17, 15) is 23.3 Å². The van der Waals surface area contributed by atoms with E-state index >= 15 is 0 Å². The maximum atomic E-state index is 12.8. The Morgan fingerprint density at radius 1 is 1.23 bits per heavy atom. The summed E-state index contributed by atoms with van der Waals surface area (Å²) in [6, 6.07) is 3.63. The highest BCUT2D eigenvalue weighted by molar-refractivity contribution is 5.65. The van der Waals surface area contributed by atoms with Gasteiger partial charge in [0.25, 0.3) is 0 Å². The molecule has 1 heterocycles. The number of halogens is 3. The number of hydrogen-bond donors (Lipinski definition) is 0. The lowest BCUT2D eigenvalue weighted by Gasteiger charge is -2.44. The van der Waals surface area contributed by atoms with Gasteiger partial charge in [-0.05, 0) is 25.0 Å². The van der Waals surface area contributed by atoms with Crippen LogP contribution in [0.1, 0.15) is 36.8 Å². The van der Waals surface area contributed by atoms with Crippen LogP contribution in [0.2, 0.25) is 0 Å². The number of nitrogens with zero attached hydrogens (tertiary/aromatic N) is 2. The minimum Gasteiger partial charge on any atom is -0.758 e. The lowest BCUT2D eigenvalue weighted by atomic mass is 9.88. The number of nitroso groups, excluding NO2 is 1. The Hall–Kier alpha value is -1.89. The zero-order valence-electron chi connectivity index (χ0n) is 11.7. The molecule has 0 spiro atoms. The SMILES string of the molecule is O=[N+]1C=C(c2cccc(C(F)(F)F)c2)N([O-])[C@@H]2CCCC[C@H]21. The van der Waals surface area contributed by atoms with Gasteiger partial charge in [0.05, 0.1) is 11.6 Å². The van der Waals surface area contributed by atoms with Gasteiger partial charge in [-0.2, -0.15) is 13.2 Å². The van der Waals surface area contributed by atoms with Crippen molar-refractivity contribution in [1.29, 1.82) is 0 Å². The molecule has 1 fully saturated rings. The summed E-state index contributed by atoms with van der Waals surface area (Å²) in [4.78, 5) is 12.1. The summed E-state index contributed by atoms with van der Waals surface area (Å²) >= 11 is 0. The molecule has 118 valence electrons. The summed E-state index contributed by atoms with van der Waals surface area (Å²) in [5, 5.41) is 13.2. The monoisotopic (exact) mass is 312 g/mol. The quantitative estimate of drug-likeness (QED) is 0.739. The zero-order valence-corrected chi connectivity index (χ0v) is 11.7. The second-order valence-corrected chi connectivity index (χ2v) is 5.70. The predicted octanol–water partition coefficient (Wildman–Crippen LogP) is 3.91. The topological polar surface area (TPSA) is 46.4 Å². The zero-order chi connectivity index (χ0) is 15.9. The van der Waals surface area contributed by atoms with E-state index in [0.717, 1.165) is 35.9 Å². The van der Waals surface area contributed by atoms with Gasteiger partial charge >= 0.3 is 6.18 Å². The molecular weight excluding hydrogens is 297 g/mol. The third kappa shape index (κ3) is 2.61. The van der Waals surface area contributed by atoms with Crippen LogP contribution in [0.5, 0.6) is 0 Å². The molecule has 2 aliphatic rings. The molecule has 0 unspecified atom stereocenters. The van der Waals surface area contributed by atoms with Crippen LogP contribution in [0.3, 0.4) is 0 Å². The largest absolute Gasteiger partial charge is 0.758 e. The molecule has 3 rings (SSSR count). The predicted molar refractivity (Wildman–Crippen MR) is 74.3 cm³/mol. The van der Waals surface area contributed by atoms with Crippen molar-refractivity contribution < 1.29 is 17.9 Å². The molecule has 0 bridgehead atoms. The van der Waals surface area contributed by atoms with Gasteiger partial charge in [0, 0.05) is 21.7 Å². The smallest absolute Gasteiger partial charge is 0.416 e. The van der Waals surface area contributed by atoms with E-state index in [1.54, 1.807) is 0 Å². The maximum Gasteiger partial charge on any atom is 0.416 e. The van der Waals surface area contributed by atoms with Crippen LogP contribution in [0.4, 0.5) is 13.2 Å². The minimum absolute atomic E-state index is 0.00394. The van der Waals surface area contributed by atoms with Crippen LogP contribution >= 0.6 is 0 Å². The number of hydroxylamine groups is 2. The second-order valence-electron chi connectivity index (χ2n) is 5.70. The first-order valence-electron chi connectivity index (χ1n) is 7.19. The molecule has 22 heavy (non-hydrogen) atoms. The van der Waals surface area contributed by atoms with E-state index in [1.807, 2.05) is 0 Å². The molecule has 7 heteroatoms. The van der Waals surface area contributed by atoms with Gasteiger partial charge in [0.1, 0.15) is 5.70 Å². The normalized spacial score (nSPS) is 25.7. The summed E-state index contributed by atoms with van der Waals surface area (Å²) in [6.07, 6.45) is -0.398. The van der Waals surface area contributed by atoms with Crippen molar-refractivity contribution in [3.63, 3.8) is 0 Å². The summed E-state index contributed by atoms with van der Waals surface area (Å²) in [5.41, 5.74) is -0.707. The molecule has 1 saturated carbocycles. The van der Waals surface area contributed by atoms with Crippen LogP contribution in [-0.4, -0.2) is 21.9 Å². The summed E-state index contributed by atoms with van der Waals surface area (Å²) < 4.78 is 39.1. The van der Waals surface area contributed by atoms with Gasteiger partial charge < -0.3 is 10.3 Å². The van der Waals surface area contributed by atoms with Crippen molar-refractivity contribution in [2.24, 2.45) is 0 Å². The fourth-order valence-corrected chi connectivity index (χ4v) is 3.17. The molecule has 4 nitrogen and oxygen atoms in total. The molecule has 1 aromatic carbocycles. The van der Waals surface area contributed by atoms with Crippen molar-refractivity contribution in [3.8, 4) is 0 Å². The summed E-state index contributed by atoms with van der Waals surface area (Å²) in [6.45, 7) is 0. The number of benzene rings is 1. The first-order valence-corrected chi connectivity index (χ1v) is 7.19. The van der Waals surface area contributed by atoms with Crippen LogP contribution in [0, 0.1) is 10.1 Å². The van der Waals surface area contributed by atoms with Gasteiger partial charge in [-0.1, -0.05) is 18.6 Å². The van der Waals surface area contributed by atoms with Gasteiger partial charge in [0.15, 0.2) is 0 Å². The van der Waals surface area contributed by atoms with Crippen LogP contribution < -0.4 is 0 Å². The average molecular weight is 312 g/mol. The number of fused-ring (bicyclic) bond motifs is 1. The first-order chi connectivity index (χ1) is 10.4. The highest BCUT2D eigenvalue weighted by Crippen LogP contribution is 2.36. The van der Waals surface area contributed by atoms with Gasteiger partial charge in [0.2, 0.25) is 12.2 Å². The maximum absolute atomic E-state index is 12.8. The molecule has 1 aliphatic carbocycles. The molecule has 2 atom stereocenters. The molecule has 0 amide bonds. The van der Waals surface area contributed by atoms with Gasteiger partial charge in [-0.25, -0.2) is 0 Å². The number of alkyl halides is 3. The van der Waals surface area contributed by atoms with Crippen molar-refractivity contribution in [1.82, 2.24) is 5.06 Å². The Bertz CT molecular complexity index is 627. The Balaban J connectivity index is 1.99. The van der Waals surface area contributed by atoms with E-state index in [0.29, 0.717) is 17.9 Å². The van der Waals surface area contributed by atoms with E-state index < -0.39 is 23.8 Å². The molecule has 0 saturated heterocycles. The highest BCUT2D eigenvalue weighted by Gasteiger charge is 2.42. The van der Waals surface area contributed by atoms with Crippen LogP contribution in [0.25, 0.3) is 5.70 Å². The molecule has 0 radical (unpaired) electrons. The van der Waals surface area contributed by atoms with Gasteiger partial charge in [-0.15, -0.1) is 0 Å². The highest BCUT2D eigenvalue weighted by atomic mass is 19.4. The van der Waals surface area contributed by atoms with Crippen LogP contribution in [0.15, 0.2) is 30.5 Å². The Morgan fingerprint density at radius 2 is 1.95 bits per heavy atom. The van der Waals surface area contributed by atoms with E-state index in [4.69, 9.17) is 0 Å². The van der Waals surface area contributed by atoms with Crippen molar-refractivity contribution in [2.45, 2.75) is 43.9 Å². The van der Waals surface area contributed by atoms with Crippen molar-refractivity contribution in [3.05, 3.63) is 51.7 Å². The number of rotatable bonds is 1. The molecule has 1 aliphatic heterocycles. The van der Waals surface area contributed by atoms with E-state index in [2.05, 4.69) is 0 Å². The van der Waals surface area contributed by atoms with Crippen molar-refractivity contribution in [2.75, 3.05) is 0 Å². The van der Waals surface area contributed by atoms with E-state index in [-0.39, 0.29) is 11.3 Å².